The SMILES string of the molecule is CCOC(=O)CC[C@@H](C)C1CC[C@H]2[C@@H]3[C@@H](O)C[C@@H]4C[C@H](OC(=O)[C@@H](N)CCCN=C(N)N)CC[C@]4(C)[C@H]3CC[C@]12C. The summed E-state index contributed by atoms with van der Waals surface area (Å²) in [6, 6.07) is -0.676. The van der Waals surface area contributed by atoms with Crippen LogP contribution in [0.25, 0.3) is 0 Å². The van der Waals surface area contributed by atoms with Gasteiger partial charge in [0.1, 0.15) is 12.1 Å². The third-order valence-corrected chi connectivity index (χ3v) is 12.1. The fourth-order valence-electron chi connectivity index (χ4n) is 9.93. The molecule has 4 aliphatic carbocycles. The number of guanidine groups is 1. The maximum Gasteiger partial charge on any atom is 0.323 e. The van der Waals surface area contributed by atoms with Crippen LogP contribution in [0.15, 0.2) is 4.99 Å². The summed E-state index contributed by atoms with van der Waals surface area (Å²) in [7, 11) is 0. The molecule has 9 heteroatoms. The molecule has 234 valence electrons. The highest BCUT2D eigenvalue weighted by molar-refractivity contribution is 5.76. The monoisotopic (exact) mass is 576 g/mol. The molecular weight excluding hydrogens is 520 g/mol. The van der Waals surface area contributed by atoms with E-state index in [2.05, 4.69) is 25.8 Å². The normalized spacial score (nSPS) is 39.4. The summed E-state index contributed by atoms with van der Waals surface area (Å²) in [5.41, 5.74) is 17.2. The van der Waals surface area contributed by atoms with Crippen molar-refractivity contribution in [2.24, 2.45) is 68.5 Å². The van der Waals surface area contributed by atoms with Crippen LogP contribution in [-0.2, 0) is 19.1 Å². The van der Waals surface area contributed by atoms with Crippen molar-refractivity contribution in [2.45, 2.75) is 123 Å². The van der Waals surface area contributed by atoms with Crippen LogP contribution in [0.1, 0.15) is 105 Å². The van der Waals surface area contributed by atoms with Crippen LogP contribution in [0, 0.1) is 46.3 Å². The first-order valence-electron chi connectivity index (χ1n) is 16.3. The standard InChI is InChI=1S/C32H56N4O5/c1-5-40-27(38)11-8-19(2)22-9-10-23-28-24(13-15-32(22,23)4)31(3)14-12-21(17-20(31)18-26(28)37)41-29(39)25(33)7-6-16-36-30(34)35/h19-26,28,37H,5-18,33H2,1-4H3,(H4,34,35,36)/t19-,20+,21-,22?,23+,24+,25+,26+,28+,31+,32-/m1/s1. The molecule has 0 amide bonds. The Morgan fingerprint density at radius 3 is 2.44 bits per heavy atom. The van der Waals surface area contributed by atoms with Crippen molar-refractivity contribution >= 4 is 17.9 Å². The number of carbonyl (C=O) groups is 2. The van der Waals surface area contributed by atoms with Gasteiger partial charge in [0.05, 0.1) is 12.7 Å². The quantitative estimate of drug-likeness (QED) is 0.125. The lowest BCUT2D eigenvalue weighted by Gasteiger charge is -2.62. The summed E-state index contributed by atoms with van der Waals surface area (Å²) in [6.45, 7) is 9.99. The lowest BCUT2D eigenvalue weighted by Crippen LogP contribution is -2.59. The minimum atomic E-state index is -0.676. The highest BCUT2D eigenvalue weighted by Gasteiger charge is 2.63. The van der Waals surface area contributed by atoms with Gasteiger partial charge in [0.2, 0.25) is 0 Å². The fraction of sp³-hybridized carbons (Fsp3) is 0.906. The average Bonchev–Trinajstić information content (AvgIpc) is 3.27. The maximum atomic E-state index is 12.7. The highest BCUT2D eigenvalue weighted by atomic mass is 16.5. The third kappa shape index (κ3) is 6.71. The fourth-order valence-corrected chi connectivity index (χ4v) is 9.93. The Morgan fingerprint density at radius 1 is 1.02 bits per heavy atom. The van der Waals surface area contributed by atoms with Crippen molar-refractivity contribution in [3.8, 4) is 0 Å². The average molecular weight is 577 g/mol. The predicted molar refractivity (Wildman–Crippen MR) is 159 cm³/mol. The Kier molecular flexibility index (Phi) is 10.3. The Hall–Kier alpha value is -1.87. The van der Waals surface area contributed by atoms with Gasteiger partial charge in [0.15, 0.2) is 5.96 Å². The van der Waals surface area contributed by atoms with E-state index >= 15 is 0 Å². The van der Waals surface area contributed by atoms with E-state index in [9.17, 15) is 14.7 Å². The summed E-state index contributed by atoms with van der Waals surface area (Å²) >= 11 is 0. The minimum Gasteiger partial charge on any atom is -0.466 e. The molecule has 0 saturated heterocycles. The van der Waals surface area contributed by atoms with Crippen molar-refractivity contribution in [3.05, 3.63) is 0 Å². The van der Waals surface area contributed by atoms with Gasteiger partial charge in [-0.05, 0) is 124 Å². The number of fused-ring (bicyclic) bond motifs is 5. The lowest BCUT2D eigenvalue weighted by molar-refractivity contribution is -0.183. The van der Waals surface area contributed by atoms with E-state index in [4.69, 9.17) is 26.7 Å². The number of aliphatic hydroxyl groups is 1. The second-order valence-electron chi connectivity index (χ2n) is 14.2. The van der Waals surface area contributed by atoms with E-state index in [0.717, 1.165) is 38.5 Å². The Balaban J connectivity index is 1.36. The molecule has 7 N–H and O–H groups in total. The molecule has 4 fully saturated rings. The molecule has 9 nitrogen and oxygen atoms in total. The summed E-state index contributed by atoms with van der Waals surface area (Å²) in [4.78, 5) is 28.7. The summed E-state index contributed by atoms with van der Waals surface area (Å²) in [5, 5.41) is 11.7. The van der Waals surface area contributed by atoms with Gasteiger partial charge in [-0.25, -0.2) is 0 Å². The van der Waals surface area contributed by atoms with Gasteiger partial charge in [0, 0.05) is 13.0 Å². The van der Waals surface area contributed by atoms with E-state index < -0.39 is 6.04 Å². The number of nitrogens with two attached hydrogens (primary N) is 3. The Labute approximate surface area is 246 Å². The van der Waals surface area contributed by atoms with Crippen molar-refractivity contribution < 1.29 is 24.2 Å². The van der Waals surface area contributed by atoms with Gasteiger partial charge in [-0.15, -0.1) is 0 Å². The Morgan fingerprint density at radius 2 is 1.73 bits per heavy atom. The number of hydrogen-bond acceptors (Lipinski definition) is 7. The van der Waals surface area contributed by atoms with Gasteiger partial charge in [-0.1, -0.05) is 20.8 Å². The van der Waals surface area contributed by atoms with Crippen molar-refractivity contribution in [1.82, 2.24) is 0 Å². The summed E-state index contributed by atoms with van der Waals surface area (Å²) in [5.74, 6) is 2.35. The van der Waals surface area contributed by atoms with Crippen molar-refractivity contribution in [1.29, 1.82) is 0 Å². The summed E-state index contributed by atoms with van der Waals surface area (Å²) < 4.78 is 11.1. The van der Waals surface area contributed by atoms with Crippen LogP contribution in [0.5, 0.6) is 0 Å². The van der Waals surface area contributed by atoms with E-state index in [1.54, 1.807) is 0 Å². The van der Waals surface area contributed by atoms with E-state index in [0.29, 0.717) is 67.9 Å². The van der Waals surface area contributed by atoms with Crippen LogP contribution in [-0.4, -0.2) is 54.4 Å². The largest absolute Gasteiger partial charge is 0.466 e. The smallest absolute Gasteiger partial charge is 0.323 e. The molecule has 0 aromatic carbocycles. The molecule has 4 aliphatic rings. The molecular formula is C32H56N4O5. The molecule has 0 heterocycles. The van der Waals surface area contributed by atoms with Crippen LogP contribution in [0.2, 0.25) is 0 Å². The zero-order chi connectivity index (χ0) is 29.9. The minimum absolute atomic E-state index is 0.0410. The van der Waals surface area contributed by atoms with E-state index in [1.165, 1.54) is 19.3 Å². The number of hydrogen-bond donors (Lipinski definition) is 4. The number of esters is 2. The van der Waals surface area contributed by atoms with E-state index in [-0.39, 0.29) is 40.9 Å². The molecule has 0 radical (unpaired) electrons. The molecule has 11 atom stereocenters. The maximum absolute atomic E-state index is 12.7. The molecule has 4 saturated carbocycles. The van der Waals surface area contributed by atoms with Gasteiger partial charge in [-0.2, -0.15) is 0 Å². The first-order valence-corrected chi connectivity index (χ1v) is 16.3. The van der Waals surface area contributed by atoms with E-state index in [1.807, 2.05) is 6.92 Å². The van der Waals surface area contributed by atoms with Crippen LogP contribution in [0.3, 0.4) is 0 Å². The topological polar surface area (TPSA) is 163 Å². The molecule has 4 rings (SSSR count). The molecule has 0 aliphatic heterocycles. The molecule has 0 bridgehead atoms. The third-order valence-electron chi connectivity index (χ3n) is 12.1. The zero-order valence-electron chi connectivity index (χ0n) is 25.9. The van der Waals surface area contributed by atoms with Gasteiger partial charge < -0.3 is 31.8 Å². The Bertz CT molecular complexity index is 956. The number of rotatable bonds is 11. The molecule has 41 heavy (non-hydrogen) atoms. The van der Waals surface area contributed by atoms with Gasteiger partial charge >= 0.3 is 11.9 Å². The second kappa shape index (κ2) is 13.2. The molecule has 1 unspecified atom stereocenters. The number of aliphatic hydroxyl groups excluding tert-OH is 1. The first kappa shape index (κ1) is 32.1. The number of ether oxygens (including phenoxy) is 2. The van der Waals surface area contributed by atoms with Crippen molar-refractivity contribution in [3.63, 3.8) is 0 Å². The molecule has 0 aromatic heterocycles. The predicted octanol–water partition coefficient (Wildman–Crippen LogP) is 3.89. The van der Waals surface area contributed by atoms with Crippen molar-refractivity contribution in [2.75, 3.05) is 13.2 Å². The first-order chi connectivity index (χ1) is 19.4. The highest BCUT2D eigenvalue weighted by Crippen LogP contribution is 2.68. The number of nitrogens with zero attached hydrogens (tertiary/aromatic N) is 1. The van der Waals surface area contributed by atoms with Crippen LogP contribution in [0.4, 0.5) is 0 Å². The number of aliphatic imine (C=N–C) groups is 1. The van der Waals surface area contributed by atoms with Gasteiger partial charge in [0.25, 0.3) is 0 Å². The zero-order valence-corrected chi connectivity index (χ0v) is 25.9. The molecule has 0 aromatic rings. The molecule has 0 spiro atoms. The second-order valence-corrected chi connectivity index (χ2v) is 14.2. The van der Waals surface area contributed by atoms with Crippen LogP contribution < -0.4 is 17.2 Å². The van der Waals surface area contributed by atoms with Gasteiger partial charge in [-0.3, -0.25) is 14.6 Å². The lowest BCUT2D eigenvalue weighted by atomic mass is 9.43. The number of carbonyl (C=O) groups excluding carboxylic acids is 2. The van der Waals surface area contributed by atoms with Crippen LogP contribution >= 0.6 is 0 Å². The summed E-state index contributed by atoms with van der Waals surface area (Å²) in [6.07, 6.45) is 10.2.